The largest absolute Gasteiger partial charge is 0.307 e. The van der Waals surface area contributed by atoms with Gasteiger partial charge in [0, 0.05) is 12.1 Å². The summed E-state index contributed by atoms with van der Waals surface area (Å²) in [6.07, 6.45) is 6.81. The molecule has 0 spiro atoms. The van der Waals surface area contributed by atoms with Crippen LogP contribution in [0.25, 0.3) is 0 Å². The lowest BCUT2D eigenvalue weighted by Gasteiger charge is -2.19. The van der Waals surface area contributed by atoms with Crippen molar-refractivity contribution in [2.45, 2.75) is 31.8 Å². The van der Waals surface area contributed by atoms with Crippen LogP contribution >= 0.6 is 0 Å². The van der Waals surface area contributed by atoms with Gasteiger partial charge in [-0.25, -0.2) is 0 Å². The Morgan fingerprint density at radius 2 is 1.79 bits per heavy atom. The van der Waals surface area contributed by atoms with Crippen LogP contribution in [0.4, 0.5) is 0 Å². The number of benzene rings is 1. The first kappa shape index (κ1) is 9.47. The molecule has 0 saturated carbocycles. The lowest BCUT2D eigenvalue weighted by Crippen LogP contribution is -2.28. The fourth-order valence-electron chi connectivity index (χ4n) is 1.93. The van der Waals surface area contributed by atoms with Crippen molar-refractivity contribution in [3.8, 4) is 0 Å². The van der Waals surface area contributed by atoms with E-state index in [0.29, 0.717) is 12.1 Å². The van der Waals surface area contributed by atoms with E-state index in [4.69, 9.17) is 0 Å². The Bertz CT molecular complexity index is 302. The highest BCUT2D eigenvalue weighted by atomic mass is 14.9. The van der Waals surface area contributed by atoms with Gasteiger partial charge in [0.05, 0.1) is 0 Å². The Kier molecular flexibility index (Phi) is 3.00. The highest BCUT2D eigenvalue weighted by Gasteiger charge is 2.13. The predicted octanol–water partition coefficient (Wildman–Crippen LogP) is 3.06. The molecule has 0 fully saturated rings. The summed E-state index contributed by atoms with van der Waals surface area (Å²) in [4.78, 5) is 0. The van der Waals surface area contributed by atoms with Gasteiger partial charge in [0.25, 0.3) is 0 Å². The maximum Gasteiger partial charge on any atom is 0.0357 e. The van der Waals surface area contributed by atoms with Gasteiger partial charge in [-0.2, -0.15) is 0 Å². The van der Waals surface area contributed by atoms with E-state index < -0.39 is 0 Å². The van der Waals surface area contributed by atoms with Gasteiger partial charge < -0.3 is 5.32 Å². The van der Waals surface area contributed by atoms with Gasteiger partial charge >= 0.3 is 0 Å². The van der Waals surface area contributed by atoms with E-state index in [9.17, 15) is 0 Å². The highest BCUT2D eigenvalue weighted by molar-refractivity contribution is 5.20. The average molecular weight is 187 g/mol. The predicted molar refractivity (Wildman–Crippen MR) is 60.2 cm³/mol. The SMILES string of the molecule is CC1CC=CCC(c2ccccc2)N1. The lowest BCUT2D eigenvalue weighted by atomic mass is 10.0. The van der Waals surface area contributed by atoms with E-state index in [1.807, 2.05) is 0 Å². The number of rotatable bonds is 1. The monoisotopic (exact) mass is 187 g/mol. The third kappa shape index (κ3) is 2.24. The summed E-state index contributed by atoms with van der Waals surface area (Å²) >= 11 is 0. The molecule has 0 aromatic heterocycles. The molecule has 1 N–H and O–H groups in total. The number of hydrogen-bond acceptors (Lipinski definition) is 1. The van der Waals surface area contributed by atoms with Crippen molar-refractivity contribution >= 4 is 0 Å². The van der Waals surface area contributed by atoms with Crippen LogP contribution in [-0.4, -0.2) is 6.04 Å². The quantitative estimate of drug-likeness (QED) is 0.666. The summed E-state index contributed by atoms with van der Waals surface area (Å²) in [6.45, 7) is 2.24. The average Bonchev–Trinajstić information content (AvgIpc) is 2.44. The maximum absolute atomic E-state index is 3.63. The van der Waals surface area contributed by atoms with Crippen LogP contribution < -0.4 is 5.32 Å². The molecule has 2 rings (SSSR count). The van der Waals surface area contributed by atoms with E-state index in [2.05, 4.69) is 54.7 Å². The Labute approximate surface area is 85.8 Å². The molecule has 1 aromatic carbocycles. The first-order valence-corrected chi connectivity index (χ1v) is 5.32. The van der Waals surface area contributed by atoms with Crippen molar-refractivity contribution < 1.29 is 0 Å². The van der Waals surface area contributed by atoms with Crippen LogP contribution in [0.2, 0.25) is 0 Å². The van der Waals surface area contributed by atoms with Gasteiger partial charge in [-0.15, -0.1) is 0 Å². The molecule has 1 nitrogen and oxygen atoms in total. The molecule has 74 valence electrons. The molecule has 1 aromatic rings. The first-order valence-electron chi connectivity index (χ1n) is 5.32. The third-order valence-corrected chi connectivity index (χ3v) is 2.72. The molecule has 0 radical (unpaired) electrons. The minimum Gasteiger partial charge on any atom is -0.307 e. The molecule has 1 heteroatoms. The number of hydrogen-bond donors (Lipinski definition) is 1. The zero-order valence-electron chi connectivity index (χ0n) is 8.61. The van der Waals surface area contributed by atoms with Gasteiger partial charge in [-0.05, 0) is 25.3 Å². The van der Waals surface area contributed by atoms with Crippen LogP contribution in [0.1, 0.15) is 31.4 Å². The minimum atomic E-state index is 0.491. The zero-order valence-corrected chi connectivity index (χ0v) is 8.61. The van der Waals surface area contributed by atoms with Gasteiger partial charge in [-0.1, -0.05) is 42.5 Å². The maximum atomic E-state index is 3.63. The van der Waals surface area contributed by atoms with Gasteiger partial charge in [0.1, 0.15) is 0 Å². The van der Waals surface area contributed by atoms with E-state index in [-0.39, 0.29) is 0 Å². The van der Waals surface area contributed by atoms with E-state index >= 15 is 0 Å². The van der Waals surface area contributed by atoms with Crippen LogP contribution in [-0.2, 0) is 0 Å². The summed E-state index contributed by atoms with van der Waals surface area (Å²) in [7, 11) is 0. The topological polar surface area (TPSA) is 12.0 Å². The molecule has 0 amide bonds. The summed E-state index contributed by atoms with van der Waals surface area (Å²) < 4.78 is 0. The fraction of sp³-hybridized carbons (Fsp3) is 0.385. The Morgan fingerprint density at radius 3 is 2.57 bits per heavy atom. The molecule has 0 bridgehead atoms. The Hall–Kier alpha value is -1.08. The van der Waals surface area contributed by atoms with Crippen molar-refractivity contribution in [1.82, 2.24) is 5.32 Å². The van der Waals surface area contributed by atoms with Gasteiger partial charge in [0.15, 0.2) is 0 Å². The molecule has 0 aliphatic carbocycles. The lowest BCUT2D eigenvalue weighted by molar-refractivity contribution is 0.472. The highest BCUT2D eigenvalue weighted by Crippen LogP contribution is 2.20. The van der Waals surface area contributed by atoms with Crippen molar-refractivity contribution in [2.24, 2.45) is 0 Å². The van der Waals surface area contributed by atoms with Crippen LogP contribution in [0.15, 0.2) is 42.5 Å². The van der Waals surface area contributed by atoms with Crippen molar-refractivity contribution in [3.63, 3.8) is 0 Å². The van der Waals surface area contributed by atoms with Crippen LogP contribution in [0.5, 0.6) is 0 Å². The fourth-order valence-corrected chi connectivity index (χ4v) is 1.93. The molecule has 0 saturated heterocycles. The van der Waals surface area contributed by atoms with Crippen LogP contribution in [0.3, 0.4) is 0 Å². The molecule has 2 unspecified atom stereocenters. The minimum absolute atomic E-state index is 0.491. The van der Waals surface area contributed by atoms with Gasteiger partial charge in [0.2, 0.25) is 0 Å². The van der Waals surface area contributed by atoms with Crippen molar-refractivity contribution in [3.05, 3.63) is 48.0 Å². The Morgan fingerprint density at radius 1 is 1.07 bits per heavy atom. The third-order valence-electron chi connectivity index (χ3n) is 2.72. The summed E-state index contributed by atoms with van der Waals surface area (Å²) in [5.74, 6) is 0. The molecule has 2 atom stereocenters. The van der Waals surface area contributed by atoms with E-state index in [1.54, 1.807) is 0 Å². The van der Waals surface area contributed by atoms with E-state index in [0.717, 1.165) is 12.8 Å². The smallest absolute Gasteiger partial charge is 0.0357 e. The molecular formula is C13H17N. The second-order valence-corrected chi connectivity index (χ2v) is 3.97. The zero-order chi connectivity index (χ0) is 9.80. The summed E-state index contributed by atoms with van der Waals surface area (Å²) in [5.41, 5.74) is 1.39. The summed E-state index contributed by atoms with van der Waals surface area (Å²) in [5, 5.41) is 3.63. The molecular weight excluding hydrogens is 170 g/mol. The van der Waals surface area contributed by atoms with Crippen LogP contribution in [0, 0.1) is 0 Å². The molecule has 14 heavy (non-hydrogen) atoms. The van der Waals surface area contributed by atoms with Crippen molar-refractivity contribution in [2.75, 3.05) is 0 Å². The molecule has 1 aliphatic heterocycles. The first-order chi connectivity index (χ1) is 6.86. The molecule has 1 aliphatic rings. The van der Waals surface area contributed by atoms with Crippen molar-refractivity contribution in [1.29, 1.82) is 0 Å². The normalized spacial score (nSPS) is 27.2. The molecule has 1 heterocycles. The second kappa shape index (κ2) is 4.43. The Balaban J connectivity index is 2.14. The summed E-state index contributed by atoms with van der Waals surface area (Å²) in [6, 6.07) is 11.8. The van der Waals surface area contributed by atoms with E-state index in [1.165, 1.54) is 5.56 Å². The number of nitrogens with one attached hydrogen (secondary N) is 1. The second-order valence-electron chi connectivity index (χ2n) is 3.97. The standard InChI is InChI=1S/C13H17N/c1-11-7-5-6-10-13(14-11)12-8-3-2-4-9-12/h2-6,8-9,11,13-14H,7,10H2,1H3. The van der Waals surface area contributed by atoms with Gasteiger partial charge in [-0.3, -0.25) is 0 Å².